The second-order valence-electron chi connectivity index (χ2n) is 7.00. The number of ether oxygens (including phenoxy) is 3. The first kappa shape index (κ1) is 22.2. The van der Waals surface area contributed by atoms with Gasteiger partial charge in [-0.25, -0.2) is 4.79 Å². The molecular formula is C20H27BrO5. The van der Waals surface area contributed by atoms with Crippen LogP contribution in [0, 0.1) is 0 Å². The van der Waals surface area contributed by atoms with Crippen LogP contribution in [0.3, 0.4) is 0 Å². The average Bonchev–Trinajstić information content (AvgIpc) is 2.47. The Morgan fingerprint density at radius 3 is 2.42 bits per heavy atom. The first-order valence-corrected chi connectivity index (χ1v) is 9.37. The molecule has 1 aromatic carbocycles. The molecule has 0 saturated carbocycles. The van der Waals surface area contributed by atoms with Crippen LogP contribution >= 0.6 is 15.9 Å². The molecule has 0 aliphatic heterocycles. The van der Waals surface area contributed by atoms with Crippen LogP contribution in [-0.4, -0.2) is 30.3 Å². The summed E-state index contributed by atoms with van der Waals surface area (Å²) in [6.07, 6.45) is 1.48. The summed E-state index contributed by atoms with van der Waals surface area (Å²) in [5, 5.41) is 0. The van der Waals surface area contributed by atoms with Crippen molar-refractivity contribution in [2.75, 3.05) is 6.61 Å². The van der Waals surface area contributed by atoms with Gasteiger partial charge in [-0.3, -0.25) is 4.79 Å². The largest absolute Gasteiger partial charge is 0.491 e. The molecule has 26 heavy (non-hydrogen) atoms. The Hall–Kier alpha value is -1.82. The molecule has 0 aliphatic rings. The predicted molar refractivity (Wildman–Crippen MR) is 105 cm³/mol. The fourth-order valence-electron chi connectivity index (χ4n) is 2.10. The molecule has 6 heteroatoms. The maximum Gasteiger partial charge on any atom is 0.334 e. The van der Waals surface area contributed by atoms with Crippen LogP contribution in [0.2, 0.25) is 0 Å². The zero-order chi connectivity index (χ0) is 19.9. The number of esters is 2. The number of rotatable bonds is 7. The van der Waals surface area contributed by atoms with Gasteiger partial charge in [0.25, 0.3) is 0 Å². The Bertz CT molecular complexity index is 671. The van der Waals surface area contributed by atoms with Gasteiger partial charge in [0.2, 0.25) is 0 Å². The van der Waals surface area contributed by atoms with Gasteiger partial charge in [-0.2, -0.15) is 0 Å². The van der Waals surface area contributed by atoms with Crippen molar-refractivity contribution in [1.29, 1.82) is 0 Å². The zero-order valence-electron chi connectivity index (χ0n) is 16.2. The molecular weight excluding hydrogens is 400 g/mol. The molecule has 0 N–H and O–H groups in total. The number of carbonyl (C=O) groups excluding carboxylic acids is 2. The van der Waals surface area contributed by atoms with Crippen LogP contribution < -0.4 is 4.74 Å². The van der Waals surface area contributed by atoms with E-state index in [1.807, 2.05) is 26.0 Å². The molecule has 0 unspecified atom stereocenters. The van der Waals surface area contributed by atoms with E-state index in [0.717, 1.165) is 10.0 Å². The van der Waals surface area contributed by atoms with Gasteiger partial charge in [0.15, 0.2) is 0 Å². The maximum absolute atomic E-state index is 12.3. The topological polar surface area (TPSA) is 61.8 Å². The molecule has 0 amide bonds. The number of carbonyl (C=O) groups is 2. The van der Waals surface area contributed by atoms with Gasteiger partial charge in [0.05, 0.1) is 19.1 Å². The summed E-state index contributed by atoms with van der Waals surface area (Å²) in [5.74, 6) is -0.349. The first-order chi connectivity index (χ1) is 12.0. The Morgan fingerprint density at radius 2 is 1.88 bits per heavy atom. The van der Waals surface area contributed by atoms with E-state index in [1.54, 1.807) is 39.8 Å². The molecule has 0 aliphatic carbocycles. The Kier molecular flexibility index (Phi) is 8.34. The fourth-order valence-corrected chi connectivity index (χ4v) is 2.47. The average molecular weight is 427 g/mol. The molecule has 0 atom stereocenters. The highest BCUT2D eigenvalue weighted by molar-refractivity contribution is 9.10. The Labute approximate surface area is 163 Å². The summed E-state index contributed by atoms with van der Waals surface area (Å²) in [5.41, 5.74) is 0.320. The van der Waals surface area contributed by atoms with E-state index in [0.29, 0.717) is 5.75 Å². The van der Waals surface area contributed by atoms with Crippen LogP contribution in [0.1, 0.15) is 53.5 Å². The minimum absolute atomic E-state index is 0.0271. The fraction of sp³-hybridized carbons (Fsp3) is 0.500. The smallest absolute Gasteiger partial charge is 0.334 e. The third kappa shape index (κ3) is 8.04. The van der Waals surface area contributed by atoms with Crippen molar-refractivity contribution in [1.82, 2.24) is 0 Å². The number of hydrogen-bond acceptors (Lipinski definition) is 5. The van der Waals surface area contributed by atoms with E-state index in [-0.39, 0.29) is 24.7 Å². The van der Waals surface area contributed by atoms with Crippen LogP contribution in [0.15, 0.2) is 28.2 Å². The van der Waals surface area contributed by atoms with Crippen molar-refractivity contribution < 1.29 is 23.8 Å². The van der Waals surface area contributed by atoms with E-state index in [2.05, 4.69) is 15.9 Å². The number of halogens is 1. The Balaban J connectivity index is 3.17. The van der Waals surface area contributed by atoms with Crippen molar-refractivity contribution >= 4 is 33.9 Å². The van der Waals surface area contributed by atoms with Crippen LogP contribution in [-0.2, 0) is 19.1 Å². The summed E-state index contributed by atoms with van der Waals surface area (Å²) < 4.78 is 16.9. The minimum atomic E-state index is -0.623. The monoisotopic (exact) mass is 426 g/mol. The van der Waals surface area contributed by atoms with Gasteiger partial charge in [0, 0.05) is 10.0 Å². The normalized spacial score (nSPS) is 12.1. The molecule has 144 valence electrons. The molecule has 0 radical (unpaired) electrons. The van der Waals surface area contributed by atoms with Gasteiger partial charge in [-0.05, 0) is 71.4 Å². The van der Waals surface area contributed by atoms with E-state index in [4.69, 9.17) is 14.2 Å². The minimum Gasteiger partial charge on any atom is -0.491 e. The highest BCUT2D eigenvalue weighted by Crippen LogP contribution is 2.27. The van der Waals surface area contributed by atoms with Gasteiger partial charge < -0.3 is 14.2 Å². The van der Waals surface area contributed by atoms with Gasteiger partial charge in [-0.15, -0.1) is 0 Å². The Morgan fingerprint density at radius 1 is 1.23 bits per heavy atom. The number of hydrogen-bond donors (Lipinski definition) is 0. The van der Waals surface area contributed by atoms with E-state index in [1.165, 1.54) is 0 Å². The predicted octanol–water partition coefficient (Wildman–Crippen LogP) is 4.91. The standard InChI is InChI=1S/C20H27BrO5/c1-7-24-19(23)15(12-18(22)26-20(4,5)6)10-14-11-16(25-13(2)3)8-9-17(14)21/h8-11,13H,7,12H2,1-6H3/b15-10+. The summed E-state index contributed by atoms with van der Waals surface area (Å²) in [7, 11) is 0. The first-order valence-electron chi connectivity index (χ1n) is 8.57. The maximum atomic E-state index is 12.3. The van der Waals surface area contributed by atoms with E-state index < -0.39 is 17.5 Å². The van der Waals surface area contributed by atoms with Crippen molar-refractivity contribution in [3.8, 4) is 5.75 Å². The lowest BCUT2D eigenvalue weighted by atomic mass is 10.1. The molecule has 0 spiro atoms. The molecule has 1 aromatic rings. The molecule has 0 aromatic heterocycles. The van der Waals surface area contributed by atoms with Crippen molar-refractivity contribution in [2.24, 2.45) is 0 Å². The van der Waals surface area contributed by atoms with E-state index in [9.17, 15) is 9.59 Å². The summed E-state index contributed by atoms with van der Waals surface area (Å²) in [6.45, 7) is 11.2. The second kappa shape index (κ2) is 9.76. The molecule has 0 fully saturated rings. The lowest BCUT2D eigenvalue weighted by molar-refractivity contribution is -0.155. The van der Waals surface area contributed by atoms with Crippen molar-refractivity contribution in [2.45, 2.75) is 59.7 Å². The summed E-state index contributed by atoms with van der Waals surface area (Å²) in [6, 6.07) is 5.47. The third-order valence-corrected chi connectivity index (χ3v) is 3.68. The number of benzene rings is 1. The molecule has 1 rings (SSSR count). The van der Waals surface area contributed by atoms with Crippen LogP contribution in [0.25, 0.3) is 6.08 Å². The van der Waals surface area contributed by atoms with Crippen molar-refractivity contribution in [3.63, 3.8) is 0 Å². The molecule has 5 nitrogen and oxygen atoms in total. The summed E-state index contributed by atoms with van der Waals surface area (Å²) >= 11 is 3.46. The van der Waals surface area contributed by atoms with Crippen LogP contribution in [0.5, 0.6) is 5.75 Å². The second-order valence-corrected chi connectivity index (χ2v) is 7.86. The SMILES string of the molecule is CCOC(=O)/C(=C/c1cc(OC(C)C)ccc1Br)CC(=O)OC(C)(C)C. The lowest BCUT2D eigenvalue weighted by Crippen LogP contribution is -2.25. The quantitative estimate of drug-likeness (QED) is 0.457. The zero-order valence-corrected chi connectivity index (χ0v) is 17.8. The van der Waals surface area contributed by atoms with Crippen molar-refractivity contribution in [3.05, 3.63) is 33.8 Å². The van der Waals surface area contributed by atoms with Gasteiger partial charge >= 0.3 is 11.9 Å². The third-order valence-electron chi connectivity index (χ3n) is 2.96. The molecule has 0 saturated heterocycles. The molecule has 0 bridgehead atoms. The van der Waals surface area contributed by atoms with E-state index >= 15 is 0 Å². The lowest BCUT2D eigenvalue weighted by Gasteiger charge is -2.20. The highest BCUT2D eigenvalue weighted by Gasteiger charge is 2.21. The summed E-state index contributed by atoms with van der Waals surface area (Å²) in [4.78, 5) is 24.4. The molecule has 0 heterocycles. The highest BCUT2D eigenvalue weighted by atomic mass is 79.9. The van der Waals surface area contributed by atoms with Crippen LogP contribution in [0.4, 0.5) is 0 Å². The van der Waals surface area contributed by atoms with Gasteiger partial charge in [-0.1, -0.05) is 15.9 Å². The van der Waals surface area contributed by atoms with Gasteiger partial charge in [0.1, 0.15) is 11.4 Å².